The van der Waals surface area contributed by atoms with Gasteiger partial charge in [0.1, 0.15) is 11.2 Å². The number of amides is 2. The molecule has 0 N–H and O–H groups in total. The van der Waals surface area contributed by atoms with Gasteiger partial charge in [0.05, 0.1) is 13.2 Å². The molecule has 160 valence electrons. The van der Waals surface area contributed by atoms with Gasteiger partial charge in [-0.2, -0.15) is 0 Å². The molecule has 2 amide bonds. The van der Waals surface area contributed by atoms with E-state index in [0.717, 1.165) is 32.4 Å². The van der Waals surface area contributed by atoms with Crippen LogP contribution in [-0.2, 0) is 19.0 Å². The van der Waals surface area contributed by atoms with E-state index in [4.69, 9.17) is 14.2 Å². The maximum Gasteiger partial charge on any atom is 0.410 e. The van der Waals surface area contributed by atoms with E-state index in [-0.39, 0.29) is 12.0 Å². The SMILES string of the molecule is COCCN(C)CCN1CC2(CCN(C(=O)[C@]3(C)CCCCO3)CC2)OC1=O. The van der Waals surface area contributed by atoms with Crippen LogP contribution in [0.5, 0.6) is 0 Å². The summed E-state index contributed by atoms with van der Waals surface area (Å²) < 4.78 is 16.7. The van der Waals surface area contributed by atoms with Crippen molar-refractivity contribution < 1.29 is 23.8 Å². The van der Waals surface area contributed by atoms with Crippen LogP contribution >= 0.6 is 0 Å². The predicted molar refractivity (Wildman–Crippen MR) is 104 cm³/mol. The van der Waals surface area contributed by atoms with Gasteiger partial charge in [0.2, 0.25) is 0 Å². The Kier molecular flexibility index (Phi) is 6.83. The number of hydrogen-bond donors (Lipinski definition) is 0. The van der Waals surface area contributed by atoms with Crippen LogP contribution in [0.3, 0.4) is 0 Å². The molecule has 28 heavy (non-hydrogen) atoms. The molecule has 1 spiro atoms. The summed E-state index contributed by atoms with van der Waals surface area (Å²) in [5.41, 5.74) is -1.14. The first kappa shape index (κ1) is 21.3. The van der Waals surface area contributed by atoms with Gasteiger partial charge in [-0.25, -0.2) is 4.79 Å². The van der Waals surface area contributed by atoms with Crippen molar-refractivity contribution >= 4 is 12.0 Å². The first-order valence-corrected chi connectivity index (χ1v) is 10.5. The monoisotopic (exact) mass is 397 g/mol. The second kappa shape index (κ2) is 8.97. The molecule has 3 rings (SSSR count). The lowest BCUT2D eigenvalue weighted by Gasteiger charge is -2.42. The molecule has 0 unspecified atom stereocenters. The second-order valence-corrected chi connectivity index (χ2v) is 8.60. The Balaban J connectivity index is 1.48. The van der Waals surface area contributed by atoms with Gasteiger partial charge >= 0.3 is 6.09 Å². The van der Waals surface area contributed by atoms with E-state index in [1.54, 1.807) is 12.0 Å². The number of rotatable bonds is 7. The van der Waals surface area contributed by atoms with Crippen molar-refractivity contribution in [2.45, 2.75) is 50.2 Å². The second-order valence-electron chi connectivity index (χ2n) is 8.60. The van der Waals surface area contributed by atoms with Gasteiger partial charge in [-0.15, -0.1) is 0 Å². The molecule has 0 aromatic rings. The van der Waals surface area contributed by atoms with Crippen LogP contribution in [0, 0.1) is 0 Å². The molecule has 0 bridgehead atoms. The zero-order valence-corrected chi connectivity index (χ0v) is 17.6. The standard InChI is InChI=1S/C20H35N3O5/c1-19(6-4-5-14-27-19)17(24)22-9-7-20(8-10-22)16-23(18(25)28-20)12-11-21(2)13-15-26-3/h4-16H2,1-3H3/t19-/m0/s1. The predicted octanol–water partition coefficient (Wildman–Crippen LogP) is 1.34. The van der Waals surface area contributed by atoms with Gasteiger partial charge in [0.25, 0.3) is 5.91 Å². The minimum atomic E-state index is -0.687. The van der Waals surface area contributed by atoms with Crippen LogP contribution < -0.4 is 0 Å². The third-order valence-corrected chi connectivity index (χ3v) is 6.35. The normalized spacial score (nSPS) is 27.5. The third kappa shape index (κ3) is 4.78. The maximum atomic E-state index is 12.9. The zero-order valence-electron chi connectivity index (χ0n) is 17.6. The van der Waals surface area contributed by atoms with Gasteiger partial charge in [-0.1, -0.05) is 0 Å². The summed E-state index contributed by atoms with van der Waals surface area (Å²) >= 11 is 0. The van der Waals surface area contributed by atoms with E-state index < -0.39 is 11.2 Å². The van der Waals surface area contributed by atoms with Gasteiger partial charge in [0, 0.05) is 59.3 Å². The minimum absolute atomic E-state index is 0.0861. The lowest BCUT2D eigenvalue weighted by molar-refractivity contribution is -0.165. The van der Waals surface area contributed by atoms with Crippen LogP contribution in [0.2, 0.25) is 0 Å². The molecule has 3 saturated heterocycles. The Bertz CT molecular complexity index is 556. The van der Waals surface area contributed by atoms with Crippen molar-refractivity contribution in [2.75, 3.05) is 66.6 Å². The van der Waals surface area contributed by atoms with Crippen molar-refractivity contribution in [1.82, 2.24) is 14.7 Å². The fraction of sp³-hybridized carbons (Fsp3) is 0.900. The van der Waals surface area contributed by atoms with Crippen LogP contribution in [0.1, 0.15) is 39.0 Å². The number of hydrogen-bond acceptors (Lipinski definition) is 6. The van der Waals surface area contributed by atoms with E-state index in [9.17, 15) is 9.59 Å². The number of ether oxygens (including phenoxy) is 3. The third-order valence-electron chi connectivity index (χ3n) is 6.35. The number of carbonyl (C=O) groups is 2. The smallest absolute Gasteiger partial charge is 0.410 e. The topological polar surface area (TPSA) is 71.6 Å². The number of nitrogens with zero attached hydrogens (tertiary/aromatic N) is 3. The van der Waals surface area contributed by atoms with Crippen molar-refractivity contribution in [1.29, 1.82) is 0 Å². The summed E-state index contributed by atoms with van der Waals surface area (Å²) in [7, 11) is 3.71. The van der Waals surface area contributed by atoms with Gasteiger partial charge in [0.15, 0.2) is 0 Å². The molecule has 0 saturated carbocycles. The quantitative estimate of drug-likeness (QED) is 0.646. The summed E-state index contributed by atoms with van der Waals surface area (Å²) in [6, 6.07) is 0. The zero-order chi connectivity index (χ0) is 20.2. The fourth-order valence-electron chi connectivity index (χ4n) is 4.33. The molecule has 3 heterocycles. The molecule has 0 aromatic heterocycles. The largest absolute Gasteiger partial charge is 0.441 e. The first-order chi connectivity index (χ1) is 13.4. The average Bonchev–Trinajstić information content (AvgIpc) is 3.00. The maximum absolute atomic E-state index is 12.9. The van der Waals surface area contributed by atoms with E-state index >= 15 is 0 Å². The van der Waals surface area contributed by atoms with E-state index in [1.165, 1.54) is 0 Å². The fourth-order valence-corrected chi connectivity index (χ4v) is 4.33. The highest BCUT2D eigenvalue weighted by molar-refractivity contribution is 5.85. The molecule has 0 aromatic carbocycles. The Morgan fingerprint density at radius 2 is 1.96 bits per heavy atom. The molecule has 3 aliphatic heterocycles. The van der Waals surface area contributed by atoms with E-state index in [1.807, 2.05) is 18.9 Å². The number of methoxy groups -OCH3 is 1. The van der Waals surface area contributed by atoms with Crippen molar-refractivity contribution in [3.05, 3.63) is 0 Å². The van der Waals surface area contributed by atoms with Crippen molar-refractivity contribution in [3.8, 4) is 0 Å². The Morgan fingerprint density at radius 3 is 2.61 bits per heavy atom. The van der Waals surface area contributed by atoms with Gasteiger partial charge in [-0.05, 0) is 33.2 Å². The Morgan fingerprint density at radius 1 is 1.21 bits per heavy atom. The minimum Gasteiger partial charge on any atom is -0.441 e. The van der Waals surface area contributed by atoms with Gasteiger partial charge in [-0.3, -0.25) is 4.79 Å². The molecule has 0 aliphatic carbocycles. The summed E-state index contributed by atoms with van der Waals surface area (Å²) in [6.45, 7) is 7.37. The summed E-state index contributed by atoms with van der Waals surface area (Å²) in [5, 5.41) is 0. The molecule has 8 heteroatoms. The van der Waals surface area contributed by atoms with Gasteiger partial charge < -0.3 is 28.9 Å². The lowest BCUT2D eigenvalue weighted by atomic mass is 9.88. The van der Waals surface area contributed by atoms with Crippen LogP contribution in [0.4, 0.5) is 4.79 Å². The Labute approximate surface area is 168 Å². The lowest BCUT2D eigenvalue weighted by Crippen LogP contribution is -2.55. The molecule has 1 atom stereocenters. The van der Waals surface area contributed by atoms with Crippen LogP contribution in [0.15, 0.2) is 0 Å². The van der Waals surface area contributed by atoms with Crippen LogP contribution in [0.25, 0.3) is 0 Å². The number of likely N-dealkylation sites (N-methyl/N-ethyl adjacent to an activating group) is 1. The van der Waals surface area contributed by atoms with Crippen molar-refractivity contribution in [2.24, 2.45) is 0 Å². The highest BCUT2D eigenvalue weighted by Gasteiger charge is 2.49. The highest BCUT2D eigenvalue weighted by Crippen LogP contribution is 2.35. The Hall–Kier alpha value is -1.38. The van der Waals surface area contributed by atoms with E-state index in [2.05, 4.69) is 4.90 Å². The summed E-state index contributed by atoms with van der Waals surface area (Å²) in [6.07, 6.45) is 3.99. The number of carbonyl (C=O) groups excluding carboxylic acids is 2. The molecular formula is C20H35N3O5. The molecule has 8 nitrogen and oxygen atoms in total. The molecule has 3 aliphatic rings. The highest BCUT2D eigenvalue weighted by atomic mass is 16.6. The first-order valence-electron chi connectivity index (χ1n) is 10.5. The number of likely N-dealkylation sites (tertiary alicyclic amines) is 1. The molecule has 0 radical (unpaired) electrons. The van der Waals surface area contributed by atoms with Crippen LogP contribution in [-0.4, -0.2) is 105 Å². The number of piperidine rings is 1. The average molecular weight is 398 g/mol. The summed E-state index contributed by atoms with van der Waals surface area (Å²) in [5.74, 6) is 0.0861. The molecule has 3 fully saturated rings. The van der Waals surface area contributed by atoms with E-state index in [0.29, 0.717) is 52.2 Å². The molecular weight excluding hydrogens is 362 g/mol. The van der Waals surface area contributed by atoms with Crippen molar-refractivity contribution in [3.63, 3.8) is 0 Å². The summed E-state index contributed by atoms with van der Waals surface area (Å²) in [4.78, 5) is 31.1.